The summed E-state index contributed by atoms with van der Waals surface area (Å²) in [5.74, 6) is 1.22. The molecule has 1 fully saturated rings. The van der Waals surface area contributed by atoms with Gasteiger partial charge in [0.1, 0.15) is 5.82 Å². The van der Waals surface area contributed by atoms with Crippen LogP contribution in [0.15, 0.2) is 18.3 Å². The van der Waals surface area contributed by atoms with Crippen LogP contribution in [0.5, 0.6) is 0 Å². The van der Waals surface area contributed by atoms with Gasteiger partial charge >= 0.3 is 0 Å². The Morgan fingerprint density at radius 1 is 1.58 bits per heavy atom. The van der Waals surface area contributed by atoms with E-state index in [-0.39, 0.29) is 12.5 Å². The Kier molecular flexibility index (Phi) is 4.74. The number of aliphatic hydroxyl groups excluding tert-OH is 1. The van der Waals surface area contributed by atoms with E-state index >= 15 is 0 Å². The van der Waals surface area contributed by atoms with Crippen LogP contribution in [-0.4, -0.2) is 47.6 Å². The van der Waals surface area contributed by atoms with E-state index in [0.717, 1.165) is 38.2 Å². The molecule has 1 saturated heterocycles. The van der Waals surface area contributed by atoms with Crippen LogP contribution < -0.4 is 5.32 Å². The molecule has 104 valence electrons. The number of aromatic nitrogens is 1. The van der Waals surface area contributed by atoms with Gasteiger partial charge in [0.25, 0.3) is 5.91 Å². The zero-order valence-corrected chi connectivity index (χ0v) is 11.3. The molecule has 5 heteroatoms. The zero-order chi connectivity index (χ0) is 13.7. The van der Waals surface area contributed by atoms with Gasteiger partial charge in [0.05, 0.1) is 5.56 Å². The molecule has 1 aliphatic rings. The summed E-state index contributed by atoms with van der Waals surface area (Å²) in [5, 5.41) is 11.9. The normalized spacial score (nSPS) is 19.3. The molecule has 5 nitrogen and oxygen atoms in total. The molecule has 1 amide bonds. The van der Waals surface area contributed by atoms with Gasteiger partial charge in [-0.15, -0.1) is 0 Å². The van der Waals surface area contributed by atoms with E-state index in [4.69, 9.17) is 5.11 Å². The van der Waals surface area contributed by atoms with Crippen LogP contribution >= 0.6 is 0 Å². The Morgan fingerprint density at radius 3 is 3.05 bits per heavy atom. The quantitative estimate of drug-likeness (QED) is 0.861. The minimum Gasteiger partial charge on any atom is -0.396 e. The smallest absolute Gasteiger partial charge is 0.255 e. The van der Waals surface area contributed by atoms with Gasteiger partial charge in [-0.25, -0.2) is 4.98 Å². The molecular weight excluding hydrogens is 242 g/mol. The molecular formula is C14H21N3O2. The number of rotatable bonds is 4. The Morgan fingerprint density at radius 2 is 2.42 bits per heavy atom. The summed E-state index contributed by atoms with van der Waals surface area (Å²) in [6.45, 7) is 1.74. The highest BCUT2D eigenvalue weighted by molar-refractivity contribution is 5.94. The average Bonchev–Trinajstić information content (AvgIpc) is 2.47. The van der Waals surface area contributed by atoms with E-state index in [2.05, 4.69) is 10.3 Å². The molecule has 0 bridgehead atoms. The first kappa shape index (κ1) is 13.8. The van der Waals surface area contributed by atoms with E-state index in [0.29, 0.717) is 11.5 Å². The van der Waals surface area contributed by atoms with Gasteiger partial charge in [-0.2, -0.15) is 0 Å². The maximum atomic E-state index is 12.4. The number of carbonyl (C=O) groups excluding carboxylic acids is 1. The number of anilines is 1. The van der Waals surface area contributed by atoms with E-state index in [1.54, 1.807) is 19.3 Å². The van der Waals surface area contributed by atoms with Gasteiger partial charge in [-0.1, -0.05) is 0 Å². The van der Waals surface area contributed by atoms with Gasteiger partial charge in [0, 0.05) is 32.9 Å². The molecule has 0 aromatic carbocycles. The maximum Gasteiger partial charge on any atom is 0.255 e. The van der Waals surface area contributed by atoms with Crippen molar-refractivity contribution >= 4 is 11.7 Å². The highest BCUT2D eigenvalue weighted by Gasteiger charge is 2.24. The highest BCUT2D eigenvalue weighted by Crippen LogP contribution is 2.21. The van der Waals surface area contributed by atoms with Gasteiger partial charge in [0.15, 0.2) is 0 Å². The summed E-state index contributed by atoms with van der Waals surface area (Å²) in [4.78, 5) is 18.4. The van der Waals surface area contributed by atoms with Crippen LogP contribution in [0.2, 0.25) is 0 Å². The van der Waals surface area contributed by atoms with Gasteiger partial charge in [0.2, 0.25) is 0 Å². The molecule has 1 aromatic rings. The number of nitrogens with one attached hydrogen (secondary N) is 1. The Bertz CT molecular complexity index is 417. The lowest BCUT2D eigenvalue weighted by atomic mass is 9.95. The number of likely N-dealkylation sites (tertiary alicyclic amines) is 1. The molecule has 1 aromatic heterocycles. The first-order valence-corrected chi connectivity index (χ1v) is 6.78. The molecule has 2 N–H and O–H groups in total. The lowest BCUT2D eigenvalue weighted by Crippen LogP contribution is -2.40. The van der Waals surface area contributed by atoms with Crippen molar-refractivity contribution in [3.8, 4) is 0 Å². The van der Waals surface area contributed by atoms with Crippen molar-refractivity contribution in [1.29, 1.82) is 0 Å². The molecule has 1 unspecified atom stereocenters. The number of hydrogen-bond acceptors (Lipinski definition) is 4. The van der Waals surface area contributed by atoms with E-state index in [9.17, 15) is 4.79 Å². The van der Waals surface area contributed by atoms with Crippen molar-refractivity contribution in [2.45, 2.75) is 19.3 Å². The van der Waals surface area contributed by atoms with Gasteiger partial charge in [-0.05, 0) is 37.3 Å². The highest BCUT2D eigenvalue weighted by atomic mass is 16.3. The molecule has 0 radical (unpaired) electrons. The summed E-state index contributed by atoms with van der Waals surface area (Å²) >= 11 is 0. The standard InChI is InChI=1S/C14H21N3O2/c1-15-13-5-4-12(9-16-13)14(19)17-7-2-3-11(10-17)6-8-18/h4-5,9,11,18H,2-3,6-8,10H2,1H3,(H,15,16). The number of carbonyl (C=O) groups is 1. The van der Waals surface area contributed by atoms with Crippen molar-refractivity contribution in [2.75, 3.05) is 32.1 Å². The third-order valence-electron chi connectivity index (χ3n) is 3.61. The van der Waals surface area contributed by atoms with Crippen LogP contribution in [-0.2, 0) is 0 Å². The summed E-state index contributed by atoms with van der Waals surface area (Å²) in [5.41, 5.74) is 0.628. The van der Waals surface area contributed by atoms with Crippen LogP contribution in [0.1, 0.15) is 29.6 Å². The maximum absolute atomic E-state index is 12.4. The van der Waals surface area contributed by atoms with Crippen LogP contribution in [0.4, 0.5) is 5.82 Å². The first-order chi connectivity index (χ1) is 9.24. The number of aliphatic hydroxyl groups is 1. The fraction of sp³-hybridized carbons (Fsp3) is 0.571. The third kappa shape index (κ3) is 3.44. The second-order valence-electron chi connectivity index (χ2n) is 4.95. The average molecular weight is 263 g/mol. The predicted octanol–water partition coefficient (Wildman–Crippen LogP) is 1.36. The second-order valence-corrected chi connectivity index (χ2v) is 4.95. The number of nitrogens with zero attached hydrogens (tertiary/aromatic N) is 2. The fourth-order valence-corrected chi connectivity index (χ4v) is 2.52. The number of pyridine rings is 1. The van der Waals surface area contributed by atoms with Gasteiger partial charge < -0.3 is 15.3 Å². The number of hydrogen-bond donors (Lipinski definition) is 2. The summed E-state index contributed by atoms with van der Waals surface area (Å²) in [7, 11) is 1.80. The predicted molar refractivity (Wildman–Crippen MR) is 74.1 cm³/mol. The van der Waals surface area contributed by atoms with Crippen molar-refractivity contribution in [3.63, 3.8) is 0 Å². The van der Waals surface area contributed by atoms with Crippen molar-refractivity contribution < 1.29 is 9.90 Å². The summed E-state index contributed by atoms with van der Waals surface area (Å²) in [6, 6.07) is 3.61. The lowest BCUT2D eigenvalue weighted by Gasteiger charge is -2.32. The van der Waals surface area contributed by atoms with Crippen LogP contribution in [0, 0.1) is 5.92 Å². The summed E-state index contributed by atoms with van der Waals surface area (Å²) < 4.78 is 0. The van der Waals surface area contributed by atoms with Crippen LogP contribution in [0.25, 0.3) is 0 Å². The molecule has 0 spiro atoms. The monoisotopic (exact) mass is 263 g/mol. The zero-order valence-electron chi connectivity index (χ0n) is 11.3. The SMILES string of the molecule is CNc1ccc(C(=O)N2CCCC(CCO)C2)cn1. The Labute approximate surface area is 113 Å². The molecule has 19 heavy (non-hydrogen) atoms. The topological polar surface area (TPSA) is 65.5 Å². The number of amides is 1. The lowest BCUT2D eigenvalue weighted by molar-refractivity contribution is 0.0653. The number of piperidine rings is 1. The minimum atomic E-state index is 0.0396. The largest absolute Gasteiger partial charge is 0.396 e. The summed E-state index contributed by atoms with van der Waals surface area (Å²) in [6.07, 6.45) is 4.50. The minimum absolute atomic E-state index is 0.0396. The van der Waals surface area contributed by atoms with E-state index < -0.39 is 0 Å². The molecule has 0 aliphatic carbocycles. The van der Waals surface area contributed by atoms with E-state index in [1.165, 1.54) is 0 Å². The fourth-order valence-electron chi connectivity index (χ4n) is 2.52. The molecule has 1 aliphatic heterocycles. The third-order valence-corrected chi connectivity index (χ3v) is 3.61. The molecule has 1 atom stereocenters. The van der Waals surface area contributed by atoms with Crippen molar-refractivity contribution in [1.82, 2.24) is 9.88 Å². The van der Waals surface area contributed by atoms with Gasteiger partial charge in [-0.3, -0.25) is 4.79 Å². The Balaban J connectivity index is 2.01. The molecule has 2 rings (SSSR count). The van der Waals surface area contributed by atoms with Crippen LogP contribution in [0.3, 0.4) is 0 Å². The Hall–Kier alpha value is -1.62. The second kappa shape index (κ2) is 6.52. The van der Waals surface area contributed by atoms with Crippen molar-refractivity contribution in [2.24, 2.45) is 5.92 Å². The molecule has 0 saturated carbocycles. The molecule has 2 heterocycles. The van der Waals surface area contributed by atoms with Crippen molar-refractivity contribution in [3.05, 3.63) is 23.9 Å². The van der Waals surface area contributed by atoms with E-state index in [1.807, 2.05) is 11.0 Å². The first-order valence-electron chi connectivity index (χ1n) is 6.78.